The van der Waals surface area contributed by atoms with Crippen molar-refractivity contribution < 1.29 is 0 Å². The Morgan fingerprint density at radius 3 is 2.57 bits per heavy atom. The Labute approximate surface area is 55.7 Å². The Bertz CT molecular complexity index is 68.5. The molecule has 0 fully saturated rings. The lowest BCUT2D eigenvalue weighted by Crippen LogP contribution is -1.64. The van der Waals surface area contributed by atoms with Crippen molar-refractivity contribution in [3.63, 3.8) is 0 Å². The Hall–Kier alpha value is 0.650. The van der Waals surface area contributed by atoms with Gasteiger partial charge in [-0.25, -0.2) is 0 Å². The van der Waals surface area contributed by atoms with Gasteiger partial charge in [0, 0.05) is 0 Å². The second-order valence-electron chi connectivity index (χ2n) is 1.36. The van der Waals surface area contributed by atoms with Crippen LogP contribution in [0.4, 0.5) is 0 Å². The van der Waals surface area contributed by atoms with Crippen LogP contribution in [0, 0.1) is 0 Å². The molecule has 0 aromatic heterocycles. The van der Waals surface area contributed by atoms with E-state index in [1.807, 2.05) is 5.82 Å². The van der Waals surface area contributed by atoms with Gasteiger partial charge in [-0.3, -0.25) is 0 Å². The molecule has 0 aromatic carbocycles. The zero-order valence-corrected chi connectivity index (χ0v) is 7.19. The first-order valence-corrected chi connectivity index (χ1v) is 3.83. The number of allylic oxidation sites excluding steroid dienone is 1. The molecule has 0 aliphatic rings. The predicted octanol–water partition coefficient (Wildman–Crippen LogP) is 2.90. The van der Waals surface area contributed by atoms with E-state index < -0.39 is 0 Å². The van der Waals surface area contributed by atoms with Gasteiger partial charge in [0.1, 0.15) is 0 Å². The zero-order chi connectivity index (χ0) is 5.70. The van der Waals surface area contributed by atoms with E-state index in [0.29, 0.717) is 0 Å². The number of rotatable bonds is 2. The number of halogens is 1. The van der Waals surface area contributed by atoms with Crippen molar-refractivity contribution >= 4 is 25.2 Å². The van der Waals surface area contributed by atoms with Crippen LogP contribution in [0.3, 0.4) is 0 Å². The van der Waals surface area contributed by atoms with Gasteiger partial charge in [0.25, 0.3) is 0 Å². The van der Waals surface area contributed by atoms with Crippen molar-refractivity contribution in [2.45, 2.75) is 19.8 Å². The van der Waals surface area contributed by atoms with Crippen LogP contribution in [0.5, 0.6) is 0 Å². The Kier molecular flexibility index (Phi) is 5.25. The molecule has 0 radical (unpaired) electrons. The van der Waals surface area contributed by atoms with Crippen LogP contribution in [0.1, 0.15) is 19.8 Å². The van der Waals surface area contributed by atoms with Gasteiger partial charge in [-0.1, -0.05) is 35.1 Å². The van der Waals surface area contributed by atoms with E-state index in [4.69, 9.17) is 0 Å². The molecule has 1 unspecified atom stereocenters. The molecule has 0 aliphatic heterocycles. The minimum atomic E-state index is 1.16. The number of hydrogen-bond acceptors (Lipinski definition) is 0. The zero-order valence-electron chi connectivity index (χ0n) is 4.45. The van der Waals surface area contributed by atoms with E-state index in [-0.39, 0.29) is 0 Å². The third-order valence-electron chi connectivity index (χ3n) is 0.670. The molecule has 0 heterocycles. The standard InChI is InChI=1S/C5H10BrP/c1-2-3-5(6)4-7/h4H,2-3,7H2,1H3/b5-4-. The molecule has 42 valence electrons. The summed E-state index contributed by atoms with van der Waals surface area (Å²) in [6.45, 7) is 2.16. The summed E-state index contributed by atoms with van der Waals surface area (Å²) in [4.78, 5) is 0. The van der Waals surface area contributed by atoms with Crippen molar-refractivity contribution in [1.29, 1.82) is 0 Å². The number of hydrogen-bond donors (Lipinski definition) is 0. The highest BCUT2D eigenvalue weighted by molar-refractivity contribution is 9.11. The lowest BCUT2D eigenvalue weighted by Gasteiger charge is -1.88. The molecule has 0 N–H and O–H groups in total. The SMILES string of the molecule is CCC/C(Br)=C/P. The first kappa shape index (κ1) is 7.65. The van der Waals surface area contributed by atoms with Crippen molar-refractivity contribution in [3.8, 4) is 0 Å². The smallest absolute Gasteiger partial charge is 0.00498 e. The fourth-order valence-corrected chi connectivity index (χ4v) is 0.885. The van der Waals surface area contributed by atoms with E-state index in [1.54, 1.807) is 0 Å². The quantitative estimate of drug-likeness (QED) is 0.574. The molecule has 0 bridgehead atoms. The Morgan fingerprint density at radius 2 is 2.43 bits per heavy atom. The van der Waals surface area contributed by atoms with Crippen LogP contribution in [0.2, 0.25) is 0 Å². The minimum Gasteiger partial charge on any atom is -0.113 e. The molecular formula is C5H10BrP. The average Bonchev–Trinajstić information content (AvgIpc) is 1.68. The van der Waals surface area contributed by atoms with Gasteiger partial charge in [0.2, 0.25) is 0 Å². The summed E-state index contributed by atoms with van der Waals surface area (Å²) in [7, 11) is 2.56. The summed E-state index contributed by atoms with van der Waals surface area (Å²) in [5.41, 5.74) is 0. The maximum absolute atomic E-state index is 3.38. The van der Waals surface area contributed by atoms with Gasteiger partial charge in [0.05, 0.1) is 0 Å². The molecule has 0 saturated heterocycles. The summed E-state index contributed by atoms with van der Waals surface area (Å²) in [6.07, 6.45) is 2.37. The highest BCUT2D eigenvalue weighted by Gasteiger charge is 1.82. The van der Waals surface area contributed by atoms with E-state index >= 15 is 0 Å². The lowest BCUT2D eigenvalue weighted by molar-refractivity contribution is 0.952. The Balaban J connectivity index is 3.17. The minimum absolute atomic E-state index is 1.16. The first-order chi connectivity index (χ1) is 3.31. The molecule has 2 heteroatoms. The summed E-state index contributed by atoms with van der Waals surface area (Å²) < 4.78 is 1.28. The predicted molar refractivity (Wildman–Crippen MR) is 41.6 cm³/mol. The van der Waals surface area contributed by atoms with E-state index in [2.05, 4.69) is 32.1 Å². The molecule has 0 spiro atoms. The monoisotopic (exact) mass is 180 g/mol. The molecule has 7 heavy (non-hydrogen) atoms. The largest absolute Gasteiger partial charge is 0.113 e. The summed E-state index contributed by atoms with van der Waals surface area (Å²) in [5.74, 6) is 2.00. The second kappa shape index (κ2) is 4.80. The third-order valence-corrected chi connectivity index (χ3v) is 2.22. The highest BCUT2D eigenvalue weighted by atomic mass is 79.9. The van der Waals surface area contributed by atoms with Crippen LogP contribution in [-0.4, -0.2) is 0 Å². The maximum atomic E-state index is 3.38. The van der Waals surface area contributed by atoms with Crippen molar-refractivity contribution in [2.24, 2.45) is 0 Å². The summed E-state index contributed by atoms with van der Waals surface area (Å²) >= 11 is 3.38. The van der Waals surface area contributed by atoms with Crippen molar-refractivity contribution in [3.05, 3.63) is 10.3 Å². The van der Waals surface area contributed by atoms with Crippen molar-refractivity contribution in [2.75, 3.05) is 0 Å². The third kappa shape index (κ3) is 4.50. The van der Waals surface area contributed by atoms with Gasteiger partial charge in [-0.15, -0.1) is 9.24 Å². The van der Waals surface area contributed by atoms with E-state index in [9.17, 15) is 0 Å². The average molecular weight is 181 g/mol. The fraction of sp³-hybridized carbons (Fsp3) is 0.600. The first-order valence-electron chi connectivity index (χ1n) is 2.37. The van der Waals surface area contributed by atoms with Gasteiger partial charge >= 0.3 is 0 Å². The van der Waals surface area contributed by atoms with Gasteiger partial charge < -0.3 is 0 Å². The highest BCUT2D eigenvalue weighted by Crippen LogP contribution is 2.13. The van der Waals surface area contributed by atoms with Gasteiger partial charge in [-0.2, -0.15) is 0 Å². The van der Waals surface area contributed by atoms with Crippen LogP contribution in [0.25, 0.3) is 0 Å². The Morgan fingerprint density at radius 1 is 1.86 bits per heavy atom. The molecule has 0 aromatic rings. The normalized spacial score (nSPS) is 12.1. The van der Waals surface area contributed by atoms with Gasteiger partial charge in [0.15, 0.2) is 0 Å². The summed E-state index contributed by atoms with van der Waals surface area (Å²) in [6, 6.07) is 0. The maximum Gasteiger partial charge on any atom is -0.00498 e. The fourth-order valence-electron chi connectivity index (χ4n) is 0.322. The molecule has 0 amide bonds. The van der Waals surface area contributed by atoms with Crippen molar-refractivity contribution in [1.82, 2.24) is 0 Å². The van der Waals surface area contributed by atoms with E-state index in [0.717, 1.165) is 6.42 Å². The molecule has 0 aliphatic carbocycles. The van der Waals surface area contributed by atoms with E-state index in [1.165, 1.54) is 10.9 Å². The van der Waals surface area contributed by atoms with Crippen LogP contribution in [-0.2, 0) is 0 Å². The topological polar surface area (TPSA) is 0 Å². The van der Waals surface area contributed by atoms with Gasteiger partial charge in [-0.05, 0) is 10.9 Å². The van der Waals surface area contributed by atoms with Crippen LogP contribution in [0.15, 0.2) is 10.3 Å². The second-order valence-corrected chi connectivity index (χ2v) is 2.72. The molecule has 0 saturated carbocycles. The molecule has 1 atom stereocenters. The molecule has 0 rings (SSSR count). The van der Waals surface area contributed by atoms with Crippen LogP contribution >= 0.6 is 25.2 Å². The molecular weight excluding hydrogens is 171 g/mol. The summed E-state index contributed by atoms with van der Waals surface area (Å²) in [5, 5.41) is 0. The van der Waals surface area contributed by atoms with Crippen LogP contribution < -0.4 is 0 Å². The lowest BCUT2D eigenvalue weighted by atomic mass is 10.3. The molecule has 0 nitrogen and oxygen atoms in total.